The predicted octanol–water partition coefficient (Wildman–Crippen LogP) is 1.03. The summed E-state index contributed by atoms with van der Waals surface area (Å²) in [6.07, 6.45) is -4.53. The van der Waals surface area contributed by atoms with Crippen LogP contribution in [0, 0.1) is 0 Å². The van der Waals surface area contributed by atoms with Crippen molar-refractivity contribution >= 4 is 17.3 Å². The molecule has 1 heterocycles. The number of phenols is 2. The number of aliphatic hydroxyl groups is 2. The molecule has 3 aliphatic rings. The van der Waals surface area contributed by atoms with E-state index in [1.807, 2.05) is 0 Å². The van der Waals surface area contributed by atoms with Crippen LogP contribution in [0.25, 0.3) is 0 Å². The summed E-state index contributed by atoms with van der Waals surface area (Å²) in [5.74, 6) is -3.18. The number of phenolic OH excluding ortho intramolecular Hbond substituents is 2. The van der Waals surface area contributed by atoms with Gasteiger partial charge in [0, 0.05) is 42.0 Å². The predicted molar refractivity (Wildman–Crippen MR) is 130 cm³/mol. The van der Waals surface area contributed by atoms with Crippen LogP contribution in [0.2, 0.25) is 0 Å². The van der Waals surface area contributed by atoms with Crippen molar-refractivity contribution in [2.75, 3.05) is 7.11 Å². The summed E-state index contributed by atoms with van der Waals surface area (Å²) in [5.41, 5.74) is 2.97. The van der Waals surface area contributed by atoms with Crippen molar-refractivity contribution in [1.82, 2.24) is 0 Å². The molecule has 202 valence electrons. The molecular formula is C27H29NO10. The zero-order valence-corrected chi connectivity index (χ0v) is 21.1. The fourth-order valence-corrected chi connectivity index (χ4v) is 5.66. The average Bonchev–Trinajstić information content (AvgIpc) is 2.87. The van der Waals surface area contributed by atoms with E-state index in [4.69, 9.17) is 19.9 Å². The summed E-state index contributed by atoms with van der Waals surface area (Å²) in [7, 11) is 1.34. The topological polar surface area (TPSA) is 186 Å². The number of hydrogen-bond donors (Lipinski definition) is 5. The molecule has 0 aromatic heterocycles. The van der Waals surface area contributed by atoms with Gasteiger partial charge in [-0.15, -0.1) is 0 Å². The number of nitrogens with two attached hydrogens (primary N) is 1. The number of ether oxygens (including phenoxy) is 3. The molecule has 0 bridgehead atoms. The number of carbonyl (C=O) groups is 3. The van der Waals surface area contributed by atoms with E-state index in [0.29, 0.717) is 0 Å². The molecule has 0 saturated carbocycles. The van der Waals surface area contributed by atoms with Crippen LogP contribution in [0.1, 0.15) is 75.8 Å². The maximum Gasteiger partial charge on any atom is 0.202 e. The first-order valence-corrected chi connectivity index (χ1v) is 12.2. The largest absolute Gasteiger partial charge is 0.507 e. The number of hydrogen-bond acceptors (Lipinski definition) is 11. The zero-order valence-electron chi connectivity index (χ0n) is 21.1. The summed E-state index contributed by atoms with van der Waals surface area (Å²) >= 11 is 0. The Bertz CT molecular complexity index is 1360. The maximum absolute atomic E-state index is 13.6. The van der Waals surface area contributed by atoms with E-state index >= 15 is 0 Å². The number of methoxy groups -OCH3 is 1. The van der Waals surface area contributed by atoms with Crippen molar-refractivity contribution in [3.05, 3.63) is 51.6 Å². The number of ketones is 3. The highest BCUT2D eigenvalue weighted by molar-refractivity contribution is 6.31. The van der Waals surface area contributed by atoms with Gasteiger partial charge in [-0.2, -0.15) is 0 Å². The van der Waals surface area contributed by atoms with Crippen LogP contribution in [0.5, 0.6) is 17.2 Å². The minimum Gasteiger partial charge on any atom is -0.507 e. The molecule has 0 radical (unpaired) electrons. The van der Waals surface area contributed by atoms with Gasteiger partial charge < -0.3 is 40.4 Å². The first-order chi connectivity index (χ1) is 17.9. The van der Waals surface area contributed by atoms with Crippen LogP contribution < -0.4 is 10.5 Å². The van der Waals surface area contributed by atoms with Crippen molar-refractivity contribution in [3.8, 4) is 17.2 Å². The Hall–Kier alpha value is -3.35. The van der Waals surface area contributed by atoms with Crippen molar-refractivity contribution in [2.45, 2.75) is 69.4 Å². The summed E-state index contributed by atoms with van der Waals surface area (Å²) in [4.78, 5) is 39.6. The molecule has 5 rings (SSSR count). The van der Waals surface area contributed by atoms with Crippen LogP contribution in [0.3, 0.4) is 0 Å². The van der Waals surface area contributed by atoms with Gasteiger partial charge in [-0.3, -0.25) is 14.4 Å². The second-order valence-corrected chi connectivity index (χ2v) is 10.1. The second-order valence-electron chi connectivity index (χ2n) is 10.1. The zero-order chi connectivity index (χ0) is 27.7. The molecule has 6 atom stereocenters. The summed E-state index contributed by atoms with van der Waals surface area (Å²) < 4.78 is 17.1. The summed E-state index contributed by atoms with van der Waals surface area (Å²) in [6, 6.07) is 3.75. The Labute approximate surface area is 217 Å². The highest BCUT2D eigenvalue weighted by Gasteiger charge is 2.49. The molecular weight excluding hydrogens is 498 g/mol. The molecule has 1 aliphatic heterocycles. The van der Waals surface area contributed by atoms with Crippen LogP contribution in [-0.4, -0.2) is 75.0 Å². The Morgan fingerprint density at radius 3 is 2.45 bits per heavy atom. The Morgan fingerprint density at radius 2 is 1.82 bits per heavy atom. The summed E-state index contributed by atoms with van der Waals surface area (Å²) in [6.45, 7) is 2.79. The molecule has 2 aromatic carbocycles. The lowest BCUT2D eigenvalue weighted by Gasteiger charge is -2.42. The number of carbonyl (C=O) groups excluding carboxylic acids is 3. The third-order valence-electron chi connectivity index (χ3n) is 7.80. The molecule has 2 aromatic rings. The lowest BCUT2D eigenvalue weighted by molar-refractivity contribution is -0.247. The van der Waals surface area contributed by atoms with Gasteiger partial charge >= 0.3 is 0 Å². The minimum atomic E-state index is -2.00. The van der Waals surface area contributed by atoms with Gasteiger partial charge in [0.1, 0.15) is 22.8 Å². The third kappa shape index (κ3) is 3.81. The molecule has 1 saturated heterocycles. The van der Waals surface area contributed by atoms with E-state index in [1.54, 1.807) is 6.92 Å². The van der Waals surface area contributed by atoms with E-state index in [2.05, 4.69) is 0 Å². The Balaban J connectivity index is 1.68. The summed E-state index contributed by atoms with van der Waals surface area (Å²) in [5, 5.41) is 44.1. The normalized spacial score (nSPS) is 30.3. The van der Waals surface area contributed by atoms with Gasteiger partial charge in [0.05, 0.1) is 42.1 Å². The first-order valence-electron chi connectivity index (χ1n) is 12.2. The van der Waals surface area contributed by atoms with E-state index in [-0.39, 0.29) is 40.8 Å². The van der Waals surface area contributed by atoms with E-state index < -0.39 is 82.6 Å². The monoisotopic (exact) mass is 527 g/mol. The number of Topliss-reactive ketones (excluding diaryl/α,β-unsaturated/α-hetero) is 1. The molecule has 5 unspecified atom stereocenters. The van der Waals surface area contributed by atoms with Gasteiger partial charge in [-0.1, -0.05) is 12.1 Å². The van der Waals surface area contributed by atoms with Gasteiger partial charge in [0.2, 0.25) is 5.78 Å². The fraction of sp³-hybridized carbons (Fsp3) is 0.444. The molecule has 0 spiro atoms. The van der Waals surface area contributed by atoms with Crippen LogP contribution >= 0.6 is 0 Å². The highest BCUT2D eigenvalue weighted by Crippen LogP contribution is 2.52. The number of aromatic hydroxyl groups is 2. The molecule has 38 heavy (non-hydrogen) atoms. The molecule has 1 fully saturated rings. The van der Waals surface area contributed by atoms with Gasteiger partial charge in [-0.25, -0.2) is 0 Å². The Kier molecular flexibility index (Phi) is 6.32. The molecule has 6 N–H and O–H groups in total. The van der Waals surface area contributed by atoms with E-state index in [9.17, 15) is 34.8 Å². The number of rotatable bonds is 4. The first kappa shape index (κ1) is 26.3. The van der Waals surface area contributed by atoms with E-state index in [0.717, 1.165) is 0 Å². The van der Waals surface area contributed by atoms with Crippen LogP contribution in [0.4, 0.5) is 0 Å². The quantitative estimate of drug-likeness (QED) is 0.305. The molecule has 11 heteroatoms. The molecule has 2 aliphatic carbocycles. The van der Waals surface area contributed by atoms with Crippen LogP contribution in [-0.2, 0) is 20.7 Å². The standard InChI is InChI=1S/C27H29NO10/c1-10-22(30)14(28)7-17(37-10)38-16-9-27(35,11(2)29)8-13-19(16)26(34)21-20(24(13)32)23(31)12-5-4-6-15(36-3)18(12)25(21)33/h4-6,10,14,16-17,22,30,32,34-35H,7-9,28H2,1-3H3/t10?,14?,16?,17?,22?,27-/m1/s1. The van der Waals surface area contributed by atoms with Crippen LogP contribution in [0.15, 0.2) is 18.2 Å². The lowest BCUT2D eigenvalue weighted by atomic mass is 9.72. The van der Waals surface area contributed by atoms with E-state index in [1.165, 1.54) is 32.2 Å². The van der Waals surface area contributed by atoms with Crippen molar-refractivity contribution in [1.29, 1.82) is 0 Å². The SMILES string of the molecule is COc1cccc2c1C(=O)c1c(O)c3c(c(O)c1C2=O)C[C@](O)(C(C)=O)CC3OC1CC(N)C(O)C(C)O1. The van der Waals surface area contributed by atoms with Gasteiger partial charge in [-0.05, 0) is 19.9 Å². The average molecular weight is 528 g/mol. The van der Waals surface area contributed by atoms with Gasteiger partial charge in [0.25, 0.3) is 0 Å². The highest BCUT2D eigenvalue weighted by atomic mass is 16.7. The smallest absolute Gasteiger partial charge is 0.202 e. The van der Waals surface area contributed by atoms with Crippen molar-refractivity contribution < 1.29 is 49.0 Å². The number of fused-ring (bicyclic) bond motifs is 3. The fourth-order valence-electron chi connectivity index (χ4n) is 5.66. The third-order valence-corrected chi connectivity index (χ3v) is 7.80. The number of benzene rings is 2. The maximum atomic E-state index is 13.6. The molecule has 11 nitrogen and oxygen atoms in total. The molecule has 0 amide bonds. The number of aliphatic hydroxyl groups excluding tert-OH is 1. The van der Waals surface area contributed by atoms with Crippen molar-refractivity contribution in [3.63, 3.8) is 0 Å². The van der Waals surface area contributed by atoms with Crippen molar-refractivity contribution in [2.24, 2.45) is 5.73 Å². The van der Waals surface area contributed by atoms with Gasteiger partial charge in [0.15, 0.2) is 17.9 Å². The minimum absolute atomic E-state index is 0.0147. The Morgan fingerprint density at radius 1 is 1.13 bits per heavy atom. The lowest BCUT2D eigenvalue weighted by Crippen LogP contribution is -2.52. The second kappa shape index (κ2) is 9.14.